The molecule has 0 unspecified atom stereocenters. The second kappa shape index (κ2) is 13.5. The van der Waals surface area contributed by atoms with Crippen LogP contribution >= 0.6 is 11.8 Å². The zero-order valence-electron chi connectivity index (χ0n) is 21.9. The van der Waals surface area contributed by atoms with Crippen LogP contribution in [0.4, 0.5) is 5.69 Å². The molecule has 0 atom stereocenters. The molecular weight excluding hydrogens is 568 g/mol. The van der Waals surface area contributed by atoms with Gasteiger partial charge in [-0.3, -0.25) is 14.4 Å². The number of thioether (sulfide) groups is 1. The number of phenols is 1. The number of carbonyl (C=O) groups is 5. The summed E-state index contributed by atoms with van der Waals surface area (Å²) in [6.45, 7) is 0. The van der Waals surface area contributed by atoms with Crippen LogP contribution in [0.3, 0.4) is 0 Å². The molecule has 0 fully saturated rings. The van der Waals surface area contributed by atoms with Crippen LogP contribution in [0, 0.1) is 0 Å². The van der Waals surface area contributed by atoms with Gasteiger partial charge in [0, 0.05) is 52.9 Å². The number of carbonyl (C=O) groups excluding carboxylic acids is 4. The lowest BCUT2D eigenvalue weighted by Crippen LogP contribution is -2.27. The van der Waals surface area contributed by atoms with E-state index in [-0.39, 0.29) is 64.4 Å². The van der Waals surface area contributed by atoms with Crippen LogP contribution < -0.4 is 16.2 Å². The molecule has 4 N–H and O–H groups in total. The molecule has 2 aliphatic rings. The maximum atomic E-state index is 12.6. The molecule has 1 heterocycles. The molecule has 0 spiro atoms. The third kappa shape index (κ3) is 7.31. The number of aromatic carboxylic acids is 1. The predicted octanol–water partition coefficient (Wildman–Crippen LogP) is 3.58. The summed E-state index contributed by atoms with van der Waals surface area (Å²) in [6.07, 6.45) is 0.403. The zero-order chi connectivity index (χ0) is 30.2. The van der Waals surface area contributed by atoms with Crippen molar-refractivity contribution in [3.63, 3.8) is 0 Å². The Labute approximate surface area is 242 Å². The average molecular weight is 593 g/mol. The first kappa shape index (κ1) is 29.8. The van der Waals surface area contributed by atoms with E-state index >= 15 is 0 Å². The van der Waals surface area contributed by atoms with Gasteiger partial charge in [-0.25, -0.2) is 9.59 Å². The van der Waals surface area contributed by atoms with Gasteiger partial charge in [-0.05, 0) is 48.0 Å². The fourth-order valence-electron chi connectivity index (χ4n) is 4.09. The number of benzene rings is 3. The van der Waals surface area contributed by atoms with Gasteiger partial charge in [0.25, 0.3) is 5.91 Å². The van der Waals surface area contributed by atoms with Crippen molar-refractivity contribution in [2.75, 3.05) is 16.8 Å². The number of carboxylic acids is 1. The van der Waals surface area contributed by atoms with E-state index < -0.39 is 23.8 Å². The average Bonchev–Trinajstić information content (AvgIpc) is 2.95. The number of fused-ring (bicyclic) bond motifs is 2. The van der Waals surface area contributed by atoms with Crippen molar-refractivity contribution in [1.82, 2.24) is 5.48 Å². The molecule has 0 radical (unpaired) electrons. The number of hydroxylamine groups is 1. The number of aromatic hydroxyl groups is 1. The van der Waals surface area contributed by atoms with E-state index in [9.17, 15) is 39.0 Å². The normalized spacial score (nSPS) is 10.8. The lowest BCUT2D eigenvalue weighted by atomic mass is 9.90. The second-order valence-corrected chi connectivity index (χ2v) is 10.0. The molecule has 12 nitrogen and oxygen atoms in total. The molecule has 0 aromatic heterocycles. The molecule has 0 saturated heterocycles. The first-order valence-corrected chi connectivity index (χ1v) is 13.7. The number of phenolic OH excluding ortho intramolecular Hbond substituents is 1. The van der Waals surface area contributed by atoms with E-state index in [1.165, 1.54) is 48.5 Å². The molecule has 13 heteroatoms. The van der Waals surface area contributed by atoms with E-state index in [0.717, 1.165) is 11.8 Å². The van der Waals surface area contributed by atoms with E-state index in [4.69, 9.17) is 4.42 Å². The van der Waals surface area contributed by atoms with E-state index in [1.54, 1.807) is 6.07 Å². The minimum atomic E-state index is -1.22. The Kier molecular flexibility index (Phi) is 9.55. The van der Waals surface area contributed by atoms with Crippen molar-refractivity contribution in [2.45, 2.75) is 19.3 Å². The van der Waals surface area contributed by atoms with Crippen LogP contribution in [0.1, 0.15) is 29.6 Å². The van der Waals surface area contributed by atoms with E-state index in [0.29, 0.717) is 28.5 Å². The zero-order valence-corrected chi connectivity index (χ0v) is 22.7. The number of aldehydes is 1. The minimum Gasteiger partial charge on any atom is -0.508 e. The predicted molar refractivity (Wildman–Crippen MR) is 153 cm³/mol. The molecule has 2 amide bonds. The highest BCUT2D eigenvalue weighted by Gasteiger charge is 2.22. The van der Waals surface area contributed by atoms with Crippen LogP contribution in [-0.4, -0.2) is 51.8 Å². The first-order valence-electron chi connectivity index (χ1n) is 12.5. The maximum Gasteiger partial charge on any atom is 0.336 e. The molecule has 0 bridgehead atoms. The monoisotopic (exact) mass is 592 g/mol. The Morgan fingerprint density at radius 2 is 1.76 bits per heavy atom. The summed E-state index contributed by atoms with van der Waals surface area (Å²) < 4.78 is 5.83. The molecule has 42 heavy (non-hydrogen) atoms. The first-order chi connectivity index (χ1) is 20.2. The van der Waals surface area contributed by atoms with Gasteiger partial charge in [-0.15, -0.1) is 0 Å². The Morgan fingerprint density at radius 1 is 0.952 bits per heavy atom. The van der Waals surface area contributed by atoms with Gasteiger partial charge in [0.05, 0.1) is 17.7 Å². The van der Waals surface area contributed by atoms with E-state index in [2.05, 4.69) is 10.2 Å². The van der Waals surface area contributed by atoms with Crippen LogP contribution in [0.2, 0.25) is 0 Å². The molecular formula is C29H24N2O10S. The summed E-state index contributed by atoms with van der Waals surface area (Å²) >= 11 is 1.14. The number of hydrogen-bond donors (Lipinski definition) is 4. The molecule has 0 saturated carbocycles. The molecule has 1 aliphatic carbocycles. The SMILES string of the molecule is O=CCCC(=O)NOC(=O)CCSCC(=O)Nc1ccc(C(=O)O)c(-c2c3ccc(=O)cc-3oc3cc(O)ccc23)c1. The van der Waals surface area contributed by atoms with Gasteiger partial charge in [-0.2, -0.15) is 17.2 Å². The third-order valence-corrected chi connectivity index (χ3v) is 6.89. The largest absolute Gasteiger partial charge is 0.508 e. The minimum absolute atomic E-state index is 0.00996. The highest BCUT2D eigenvalue weighted by molar-refractivity contribution is 7.99. The fraction of sp³-hybridized carbons (Fsp3) is 0.172. The molecule has 1 aliphatic heterocycles. The number of rotatable bonds is 11. The smallest absolute Gasteiger partial charge is 0.336 e. The van der Waals surface area contributed by atoms with Gasteiger partial charge >= 0.3 is 11.9 Å². The molecule has 2 aromatic rings. The fourth-order valence-corrected chi connectivity index (χ4v) is 4.80. The third-order valence-electron chi connectivity index (χ3n) is 5.93. The summed E-state index contributed by atoms with van der Waals surface area (Å²) in [6, 6.07) is 12.8. The summed E-state index contributed by atoms with van der Waals surface area (Å²) in [5, 5.41) is 23.1. The highest BCUT2D eigenvalue weighted by Crippen LogP contribution is 2.42. The van der Waals surface area contributed by atoms with Crippen molar-refractivity contribution in [2.24, 2.45) is 0 Å². The Balaban J connectivity index is 1.51. The topological polar surface area (TPSA) is 189 Å². The maximum absolute atomic E-state index is 12.6. The molecule has 4 rings (SSSR count). The number of carboxylic acid groups (broad SMARTS) is 1. The van der Waals surface area contributed by atoms with Crippen LogP contribution in [-0.2, 0) is 24.0 Å². The second-order valence-electron chi connectivity index (χ2n) is 8.94. The van der Waals surface area contributed by atoms with Gasteiger partial charge in [0.15, 0.2) is 5.43 Å². The summed E-state index contributed by atoms with van der Waals surface area (Å²) in [5.41, 5.74) is 3.24. The molecule has 2 aromatic carbocycles. The van der Waals surface area contributed by atoms with Gasteiger partial charge in [-0.1, -0.05) is 0 Å². The number of amides is 2. The van der Waals surface area contributed by atoms with Gasteiger partial charge in [0.2, 0.25) is 5.91 Å². The van der Waals surface area contributed by atoms with Crippen molar-refractivity contribution < 1.29 is 43.4 Å². The van der Waals surface area contributed by atoms with Crippen molar-refractivity contribution >= 4 is 58.5 Å². The Bertz CT molecular complexity index is 1710. The summed E-state index contributed by atoms with van der Waals surface area (Å²) in [5.74, 6) is -2.64. The quantitative estimate of drug-likeness (QED) is 0.0862. The van der Waals surface area contributed by atoms with Crippen LogP contribution in [0.5, 0.6) is 5.75 Å². The van der Waals surface area contributed by atoms with Crippen molar-refractivity contribution in [3.05, 3.63) is 70.4 Å². The standard InChI is InChI=1S/C29H24N2O10S/c32-10-1-2-25(35)31-41-27(37)9-11-42-15-26(36)30-16-3-6-19(29(38)39)22(12-16)28-20-7-4-17(33)13-23(20)40-24-14-18(34)5-8-21(24)28/h3-8,10,12-14,33H,1-2,9,11,15H2,(H,30,36)(H,31,35)(H,38,39). The highest BCUT2D eigenvalue weighted by atomic mass is 32.2. The van der Waals surface area contributed by atoms with Crippen molar-refractivity contribution in [3.8, 4) is 28.2 Å². The summed E-state index contributed by atoms with van der Waals surface area (Å²) in [7, 11) is 0. The van der Waals surface area contributed by atoms with E-state index in [1.807, 2.05) is 5.48 Å². The van der Waals surface area contributed by atoms with Crippen LogP contribution in [0.15, 0.2) is 63.8 Å². The number of nitrogens with one attached hydrogen (secondary N) is 2. The number of anilines is 1. The lowest BCUT2D eigenvalue weighted by Gasteiger charge is -2.17. The molecule has 216 valence electrons. The summed E-state index contributed by atoms with van der Waals surface area (Å²) in [4.78, 5) is 74.8. The Morgan fingerprint density at radius 3 is 2.52 bits per heavy atom. The lowest BCUT2D eigenvalue weighted by molar-refractivity contribution is -0.157. The Hall–Kier alpha value is -5.17. The number of hydrogen-bond acceptors (Lipinski definition) is 10. The van der Waals surface area contributed by atoms with Gasteiger partial charge < -0.3 is 29.6 Å². The van der Waals surface area contributed by atoms with Gasteiger partial charge in [0.1, 0.15) is 23.4 Å². The van der Waals surface area contributed by atoms with Crippen molar-refractivity contribution in [1.29, 1.82) is 0 Å². The van der Waals surface area contributed by atoms with Crippen LogP contribution in [0.25, 0.3) is 33.4 Å².